The lowest BCUT2D eigenvalue weighted by Crippen LogP contribution is -2.12. The molecule has 0 heterocycles. The third-order valence-corrected chi connectivity index (χ3v) is 2.69. The Balaban J connectivity index is 2.93. The van der Waals surface area contributed by atoms with Crippen molar-refractivity contribution in [2.24, 2.45) is 0 Å². The summed E-state index contributed by atoms with van der Waals surface area (Å²) in [6, 6.07) is 2.57. The van der Waals surface area contributed by atoms with E-state index in [-0.39, 0.29) is 31.9 Å². The Hall–Kier alpha value is -0.330. The standard InChI is InChI=1S/C8H2Cl4O4S/c9-3-1-4(10)6(5(11)2-3)7(13)15-8(14)16-17-12/h1-2H. The van der Waals surface area contributed by atoms with Crippen LogP contribution >= 0.6 is 56.7 Å². The Kier molecular flexibility index (Phi) is 5.69. The summed E-state index contributed by atoms with van der Waals surface area (Å²) in [5, 5.41) is 0.160. The van der Waals surface area contributed by atoms with E-state index in [1.54, 1.807) is 0 Å². The van der Waals surface area contributed by atoms with Gasteiger partial charge in [0.05, 0.1) is 15.6 Å². The summed E-state index contributed by atoms with van der Waals surface area (Å²) in [4.78, 5) is 22.3. The lowest BCUT2D eigenvalue weighted by molar-refractivity contribution is 0.0547. The van der Waals surface area contributed by atoms with Crippen LogP contribution in [0.2, 0.25) is 15.1 Å². The number of carbonyl (C=O) groups excluding carboxylic acids is 2. The highest BCUT2D eigenvalue weighted by molar-refractivity contribution is 8.17. The van der Waals surface area contributed by atoms with Crippen LogP contribution in [-0.2, 0) is 8.92 Å². The molecule has 0 saturated carbocycles. The molecule has 0 atom stereocenters. The van der Waals surface area contributed by atoms with Crippen LogP contribution in [0.4, 0.5) is 4.79 Å². The average Bonchev–Trinajstić information content (AvgIpc) is 2.15. The molecule has 0 aliphatic heterocycles. The van der Waals surface area contributed by atoms with Crippen molar-refractivity contribution < 1.29 is 18.5 Å². The summed E-state index contributed by atoms with van der Waals surface area (Å²) in [6.07, 6.45) is -1.28. The maximum Gasteiger partial charge on any atom is 0.530 e. The molecular formula is C8H2Cl4O4S. The zero-order valence-corrected chi connectivity index (χ0v) is 11.5. The van der Waals surface area contributed by atoms with Crippen LogP contribution in [0.1, 0.15) is 10.4 Å². The molecule has 9 heteroatoms. The molecule has 0 unspecified atom stereocenters. The molecule has 0 aliphatic rings. The third kappa shape index (κ3) is 4.12. The van der Waals surface area contributed by atoms with Crippen LogP contribution in [-0.4, -0.2) is 12.1 Å². The van der Waals surface area contributed by atoms with Crippen molar-refractivity contribution >= 4 is 68.9 Å². The fraction of sp³-hybridized carbons (Fsp3) is 0. The fourth-order valence-corrected chi connectivity index (χ4v) is 2.12. The molecule has 1 aromatic carbocycles. The molecule has 1 aromatic rings. The number of esters is 1. The summed E-state index contributed by atoms with van der Waals surface area (Å²) in [5.41, 5.74) is -0.186. The maximum absolute atomic E-state index is 11.5. The maximum atomic E-state index is 11.5. The minimum Gasteiger partial charge on any atom is -0.356 e. The number of hydrogen-bond donors (Lipinski definition) is 0. The zero-order valence-electron chi connectivity index (χ0n) is 7.71. The van der Waals surface area contributed by atoms with Gasteiger partial charge in [-0.3, -0.25) is 0 Å². The lowest BCUT2D eigenvalue weighted by atomic mass is 10.2. The van der Waals surface area contributed by atoms with Crippen LogP contribution in [0, 0.1) is 0 Å². The van der Waals surface area contributed by atoms with E-state index in [0.29, 0.717) is 0 Å². The van der Waals surface area contributed by atoms with E-state index in [1.807, 2.05) is 0 Å². The second-order valence-electron chi connectivity index (χ2n) is 2.53. The van der Waals surface area contributed by atoms with Crippen molar-refractivity contribution in [2.75, 3.05) is 0 Å². The van der Waals surface area contributed by atoms with Crippen molar-refractivity contribution in [1.29, 1.82) is 0 Å². The third-order valence-electron chi connectivity index (χ3n) is 1.49. The van der Waals surface area contributed by atoms with Crippen LogP contribution in [0.25, 0.3) is 0 Å². The van der Waals surface area contributed by atoms with Gasteiger partial charge < -0.3 is 8.92 Å². The summed E-state index contributed by atoms with van der Waals surface area (Å²) in [7, 11) is 5.02. The largest absolute Gasteiger partial charge is 0.530 e. The number of carbonyl (C=O) groups is 2. The lowest BCUT2D eigenvalue weighted by Gasteiger charge is -2.05. The number of halogens is 4. The first-order valence-corrected chi connectivity index (χ1v) is 6.51. The van der Waals surface area contributed by atoms with Gasteiger partial charge in [0, 0.05) is 15.7 Å². The molecule has 0 N–H and O–H groups in total. The first-order valence-electron chi connectivity index (χ1n) is 3.81. The normalized spacial score (nSPS) is 9.88. The predicted octanol–water partition coefficient (Wildman–Crippen LogP) is 4.74. The van der Waals surface area contributed by atoms with Crippen molar-refractivity contribution in [2.45, 2.75) is 0 Å². The van der Waals surface area contributed by atoms with Gasteiger partial charge in [-0.1, -0.05) is 34.8 Å². The highest BCUT2D eigenvalue weighted by atomic mass is 35.7. The molecule has 92 valence electrons. The van der Waals surface area contributed by atoms with Gasteiger partial charge in [0.15, 0.2) is 11.3 Å². The second kappa shape index (κ2) is 6.56. The molecule has 0 fully saturated rings. The number of benzene rings is 1. The van der Waals surface area contributed by atoms with E-state index in [2.05, 4.69) is 8.92 Å². The van der Waals surface area contributed by atoms with E-state index in [4.69, 9.17) is 45.5 Å². The van der Waals surface area contributed by atoms with Crippen molar-refractivity contribution in [3.63, 3.8) is 0 Å². The molecule has 1 rings (SSSR count). The Morgan fingerprint density at radius 3 is 2.12 bits per heavy atom. The van der Waals surface area contributed by atoms with E-state index in [9.17, 15) is 9.59 Å². The predicted molar refractivity (Wildman–Crippen MR) is 66.8 cm³/mol. The van der Waals surface area contributed by atoms with Crippen molar-refractivity contribution in [3.8, 4) is 0 Å². The summed E-state index contributed by atoms with van der Waals surface area (Å²) in [5.74, 6) is -1.06. The Morgan fingerprint density at radius 1 is 1.12 bits per heavy atom. The van der Waals surface area contributed by atoms with E-state index in [0.717, 1.165) is 0 Å². The Labute approximate surface area is 120 Å². The number of ether oxygens (including phenoxy) is 1. The Morgan fingerprint density at radius 2 is 1.65 bits per heavy atom. The minimum atomic E-state index is -1.28. The highest BCUT2D eigenvalue weighted by Gasteiger charge is 2.21. The molecule has 0 radical (unpaired) electrons. The smallest absolute Gasteiger partial charge is 0.356 e. The molecule has 0 spiro atoms. The Bertz CT molecular complexity index is 442. The SMILES string of the molecule is O=C(OSCl)OC(=O)c1c(Cl)cc(Cl)cc1Cl. The van der Waals surface area contributed by atoms with Gasteiger partial charge in [0.2, 0.25) is 0 Å². The molecule has 0 saturated heterocycles. The minimum absolute atomic E-state index is 0.0428. The quantitative estimate of drug-likeness (QED) is 0.443. The first kappa shape index (κ1) is 14.7. The van der Waals surface area contributed by atoms with Crippen LogP contribution in [0.15, 0.2) is 12.1 Å². The van der Waals surface area contributed by atoms with Gasteiger partial charge >= 0.3 is 12.1 Å². The van der Waals surface area contributed by atoms with Gasteiger partial charge in [0.25, 0.3) is 0 Å². The molecule has 4 nitrogen and oxygen atoms in total. The average molecular weight is 336 g/mol. The highest BCUT2D eigenvalue weighted by Crippen LogP contribution is 2.29. The molecule has 0 bridgehead atoms. The van der Waals surface area contributed by atoms with Crippen LogP contribution in [0.3, 0.4) is 0 Å². The molecule has 0 aliphatic carbocycles. The van der Waals surface area contributed by atoms with Gasteiger partial charge in [0.1, 0.15) is 0 Å². The van der Waals surface area contributed by atoms with Gasteiger partial charge in [-0.2, -0.15) is 0 Å². The van der Waals surface area contributed by atoms with Crippen molar-refractivity contribution in [1.82, 2.24) is 0 Å². The van der Waals surface area contributed by atoms with Gasteiger partial charge in [-0.15, -0.1) is 0 Å². The molecule has 0 aromatic heterocycles. The molecular weight excluding hydrogens is 334 g/mol. The number of hydrogen-bond acceptors (Lipinski definition) is 5. The molecule has 17 heavy (non-hydrogen) atoms. The number of rotatable bonds is 2. The fourth-order valence-electron chi connectivity index (χ4n) is 0.907. The first-order chi connectivity index (χ1) is 7.95. The van der Waals surface area contributed by atoms with E-state index >= 15 is 0 Å². The van der Waals surface area contributed by atoms with Crippen molar-refractivity contribution in [3.05, 3.63) is 32.8 Å². The summed E-state index contributed by atoms with van der Waals surface area (Å²) >= 11 is 17.3. The summed E-state index contributed by atoms with van der Waals surface area (Å²) < 4.78 is 8.39. The van der Waals surface area contributed by atoms with Crippen LogP contribution in [0.5, 0.6) is 0 Å². The van der Waals surface area contributed by atoms with Gasteiger partial charge in [-0.05, 0) is 12.1 Å². The second-order valence-corrected chi connectivity index (χ2v) is 4.45. The van der Waals surface area contributed by atoms with E-state index < -0.39 is 12.1 Å². The monoisotopic (exact) mass is 334 g/mol. The summed E-state index contributed by atoms with van der Waals surface area (Å²) in [6.45, 7) is 0. The van der Waals surface area contributed by atoms with Gasteiger partial charge in [-0.25, -0.2) is 9.59 Å². The van der Waals surface area contributed by atoms with E-state index in [1.165, 1.54) is 12.1 Å². The van der Waals surface area contributed by atoms with Crippen LogP contribution < -0.4 is 0 Å². The topological polar surface area (TPSA) is 52.6 Å². The zero-order chi connectivity index (χ0) is 13.0. The molecule has 0 amide bonds.